The van der Waals surface area contributed by atoms with E-state index in [2.05, 4.69) is 39.2 Å². The highest BCUT2D eigenvalue weighted by molar-refractivity contribution is 5.02. The lowest BCUT2D eigenvalue weighted by Gasteiger charge is -2.38. The van der Waals surface area contributed by atoms with E-state index in [9.17, 15) is 0 Å². The van der Waals surface area contributed by atoms with Gasteiger partial charge in [-0.3, -0.25) is 4.90 Å². The summed E-state index contributed by atoms with van der Waals surface area (Å²) in [6.07, 6.45) is 3.88. The number of tetrazole rings is 1. The zero-order chi connectivity index (χ0) is 16.1. The van der Waals surface area contributed by atoms with Gasteiger partial charge < -0.3 is 9.32 Å². The molecule has 2 aromatic heterocycles. The van der Waals surface area contributed by atoms with Gasteiger partial charge in [0.2, 0.25) is 0 Å². The van der Waals surface area contributed by atoms with Crippen LogP contribution >= 0.6 is 0 Å². The number of furan rings is 1. The van der Waals surface area contributed by atoms with Gasteiger partial charge in [0.1, 0.15) is 12.3 Å². The van der Waals surface area contributed by atoms with Crippen molar-refractivity contribution in [3.63, 3.8) is 0 Å². The molecule has 1 aliphatic heterocycles. The Labute approximate surface area is 137 Å². The second-order valence-electron chi connectivity index (χ2n) is 6.05. The van der Waals surface area contributed by atoms with E-state index in [1.807, 2.05) is 16.8 Å². The Balaban J connectivity index is 1.75. The molecule has 1 aliphatic rings. The molecular weight excluding hydrogens is 292 g/mol. The first-order valence-electron chi connectivity index (χ1n) is 8.56. The molecule has 1 atom stereocenters. The van der Waals surface area contributed by atoms with E-state index in [0.717, 1.165) is 57.2 Å². The SMILES string of the molecule is CCCC(c1nnnn1Cc1ccco1)N1CCN(CC)CC1. The van der Waals surface area contributed by atoms with E-state index in [1.54, 1.807) is 6.26 Å². The molecule has 1 saturated heterocycles. The molecule has 23 heavy (non-hydrogen) atoms. The van der Waals surface area contributed by atoms with Crippen LogP contribution in [0.2, 0.25) is 0 Å². The zero-order valence-electron chi connectivity index (χ0n) is 14.1. The Bertz CT molecular complexity index is 573. The van der Waals surface area contributed by atoms with Crippen LogP contribution in [0.5, 0.6) is 0 Å². The summed E-state index contributed by atoms with van der Waals surface area (Å²) in [4.78, 5) is 5.02. The van der Waals surface area contributed by atoms with Gasteiger partial charge in [-0.2, -0.15) is 0 Å². The standard InChI is InChI=1S/C16H26N6O/c1-3-6-15(21-10-8-20(4-2)9-11-21)16-17-18-19-22(16)13-14-7-5-12-23-14/h5,7,12,15H,3-4,6,8-11,13H2,1-2H3. The van der Waals surface area contributed by atoms with Crippen molar-refractivity contribution in [2.24, 2.45) is 0 Å². The molecule has 0 radical (unpaired) electrons. The Kier molecular flexibility index (Phi) is 5.40. The Morgan fingerprint density at radius 1 is 1.22 bits per heavy atom. The first-order valence-corrected chi connectivity index (χ1v) is 8.56. The third kappa shape index (κ3) is 3.79. The molecule has 3 rings (SSSR count). The maximum Gasteiger partial charge on any atom is 0.168 e. The van der Waals surface area contributed by atoms with Gasteiger partial charge in [-0.1, -0.05) is 20.3 Å². The van der Waals surface area contributed by atoms with Crippen LogP contribution in [0, 0.1) is 0 Å². The van der Waals surface area contributed by atoms with E-state index in [1.165, 1.54) is 0 Å². The monoisotopic (exact) mass is 318 g/mol. The average Bonchev–Trinajstić information content (AvgIpc) is 3.25. The first kappa shape index (κ1) is 16.1. The number of piperazine rings is 1. The van der Waals surface area contributed by atoms with Crippen LogP contribution in [0.4, 0.5) is 0 Å². The molecule has 1 unspecified atom stereocenters. The van der Waals surface area contributed by atoms with Gasteiger partial charge in [0.25, 0.3) is 0 Å². The quantitative estimate of drug-likeness (QED) is 0.775. The minimum Gasteiger partial charge on any atom is -0.467 e. The summed E-state index contributed by atoms with van der Waals surface area (Å²) >= 11 is 0. The van der Waals surface area contributed by atoms with E-state index in [4.69, 9.17) is 4.42 Å². The van der Waals surface area contributed by atoms with Crippen LogP contribution in [-0.2, 0) is 6.54 Å². The van der Waals surface area contributed by atoms with Gasteiger partial charge in [-0.25, -0.2) is 4.68 Å². The fourth-order valence-corrected chi connectivity index (χ4v) is 3.25. The fraction of sp³-hybridized carbons (Fsp3) is 0.688. The van der Waals surface area contributed by atoms with Crippen LogP contribution in [0.15, 0.2) is 22.8 Å². The van der Waals surface area contributed by atoms with Gasteiger partial charge in [-0.15, -0.1) is 5.10 Å². The summed E-state index contributed by atoms with van der Waals surface area (Å²) in [5, 5.41) is 12.4. The van der Waals surface area contributed by atoms with E-state index >= 15 is 0 Å². The van der Waals surface area contributed by atoms with E-state index in [-0.39, 0.29) is 6.04 Å². The van der Waals surface area contributed by atoms with Crippen LogP contribution in [-0.4, -0.2) is 62.7 Å². The molecule has 0 spiro atoms. The van der Waals surface area contributed by atoms with Crippen molar-refractivity contribution in [3.8, 4) is 0 Å². The van der Waals surface area contributed by atoms with Crippen molar-refractivity contribution in [1.29, 1.82) is 0 Å². The summed E-state index contributed by atoms with van der Waals surface area (Å²) in [5.41, 5.74) is 0. The highest BCUT2D eigenvalue weighted by atomic mass is 16.3. The summed E-state index contributed by atoms with van der Waals surface area (Å²) in [7, 11) is 0. The largest absolute Gasteiger partial charge is 0.467 e. The molecule has 3 heterocycles. The molecule has 2 aromatic rings. The number of rotatable bonds is 7. The van der Waals surface area contributed by atoms with E-state index < -0.39 is 0 Å². The summed E-state index contributed by atoms with van der Waals surface area (Å²) in [6, 6.07) is 4.14. The lowest BCUT2D eigenvalue weighted by molar-refractivity contribution is 0.0888. The van der Waals surface area contributed by atoms with Crippen molar-refractivity contribution in [2.45, 2.75) is 39.3 Å². The first-order chi connectivity index (χ1) is 11.3. The highest BCUT2D eigenvalue weighted by Gasteiger charge is 2.28. The Hall–Kier alpha value is -1.73. The van der Waals surface area contributed by atoms with Crippen LogP contribution in [0.25, 0.3) is 0 Å². The highest BCUT2D eigenvalue weighted by Crippen LogP contribution is 2.25. The number of nitrogens with zero attached hydrogens (tertiary/aromatic N) is 6. The van der Waals surface area contributed by atoms with Crippen molar-refractivity contribution >= 4 is 0 Å². The van der Waals surface area contributed by atoms with Crippen molar-refractivity contribution in [1.82, 2.24) is 30.0 Å². The minimum atomic E-state index is 0.281. The number of hydrogen-bond acceptors (Lipinski definition) is 6. The third-order valence-electron chi connectivity index (χ3n) is 4.60. The maximum absolute atomic E-state index is 5.44. The maximum atomic E-state index is 5.44. The number of likely N-dealkylation sites (N-methyl/N-ethyl adjacent to an activating group) is 1. The van der Waals surface area contributed by atoms with E-state index in [0.29, 0.717) is 6.54 Å². The smallest absolute Gasteiger partial charge is 0.168 e. The Morgan fingerprint density at radius 3 is 2.70 bits per heavy atom. The molecule has 0 saturated carbocycles. The molecule has 1 fully saturated rings. The number of aromatic nitrogens is 4. The summed E-state index contributed by atoms with van der Waals surface area (Å²) in [6.45, 7) is 10.6. The van der Waals surface area contributed by atoms with Crippen molar-refractivity contribution < 1.29 is 4.42 Å². The van der Waals surface area contributed by atoms with Gasteiger partial charge in [0.05, 0.1) is 12.3 Å². The van der Waals surface area contributed by atoms with Gasteiger partial charge in [0.15, 0.2) is 5.82 Å². The summed E-state index contributed by atoms with van der Waals surface area (Å²) in [5.74, 6) is 1.83. The topological polar surface area (TPSA) is 63.2 Å². The molecule has 0 bridgehead atoms. The fourth-order valence-electron chi connectivity index (χ4n) is 3.25. The van der Waals surface area contributed by atoms with Crippen molar-refractivity contribution in [2.75, 3.05) is 32.7 Å². The minimum absolute atomic E-state index is 0.281. The van der Waals surface area contributed by atoms with Gasteiger partial charge >= 0.3 is 0 Å². The Morgan fingerprint density at radius 2 is 2.04 bits per heavy atom. The van der Waals surface area contributed by atoms with Crippen LogP contribution < -0.4 is 0 Å². The average molecular weight is 318 g/mol. The predicted octanol–water partition coefficient (Wildman–Crippen LogP) is 1.79. The second-order valence-corrected chi connectivity index (χ2v) is 6.05. The van der Waals surface area contributed by atoms with Crippen LogP contribution in [0.1, 0.15) is 44.3 Å². The molecule has 0 N–H and O–H groups in total. The number of hydrogen-bond donors (Lipinski definition) is 0. The molecule has 7 heteroatoms. The van der Waals surface area contributed by atoms with Crippen molar-refractivity contribution in [3.05, 3.63) is 30.0 Å². The summed E-state index contributed by atoms with van der Waals surface area (Å²) < 4.78 is 7.32. The molecule has 7 nitrogen and oxygen atoms in total. The lowest BCUT2D eigenvalue weighted by atomic mass is 10.1. The molecule has 0 aliphatic carbocycles. The molecule has 0 amide bonds. The van der Waals surface area contributed by atoms with Gasteiger partial charge in [0, 0.05) is 26.2 Å². The molecule has 0 aromatic carbocycles. The second kappa shape index (κ2) is 7.70. The van der Waals surface area contributed by atoms with Gasteiger partial charge in [-0.05, 0) is 35.5 Å². The molecule has 126 valence electrons. The normalized spacial score (nSPS) is 18.3. The third-order valence-corrected chi connectivity index (χ3v) is 4.60. The molecular formula is C16H26N6O. The lowest BCUT2D eigenvalue weighted by Crippen LogP contribution is -2.47. The zero-order valence-corrected chi connectivity index (χ0v) is 14.1. The predicted molar refractivity (Wildman–Crippen MR) is 87.0 cm³/mol. The van der Waals surface area contributed by atoms with Crippen LogP contribution in [0.3, 0.4) is 0 Å².